The Bertz CT molecular complexity index is 575. The molecule has 0 saturated carbocycles. The second kappa shape index (κ2) is 10.3. The fourth-order valence-corrected chi connectivity index (χ4v) is 2.16. The van der Waals surface area contributed by atoms with Crippen LogP contribution >= 0.6 is 0 Å². The molecule has 7 heteroatoms. The fourth-order valence-electron chi connectivity index (χ4n) is 2.16. The first-order chi connectivity index (χ1) is 11.5. The van der Waals surface area contributed by atoms with Crippen LogP contribution in [0.4, 0.5) is 0 Å². The maximum absolute atomic E-state index is 12.0. The van der Waals surface area contributed by atoms with Crippen molar-refractivity contribution in [1.29, 1.82) is 0 Å². The highest BCUT2D eigenvalue weighted by Crippen LogP contribution is 2.26. The lowest BCUT2D eigenvalue weighted by atomic mass is 10.0. The Hall–Kier alpha value is -2.57. The molecule has 0 aromatic heterocycles. The van der Waals surface area contributed by atoms with E-state index in [9.17, 15) is 14.4 Å². The van der Waals surface area contributed by atoms with E-state index in [0.29, 0.717) is 38.3 Å². The van der Waals surface area contributed by atoms with E-state index in [1.807, 2.05) is 32.0 Å². The largest absolute Gasteiger partial charge is 0.494 e. The lowest BCUT2D eigenvalue weighted by molar-refractivity contribution is -0.139. The van der Waals surface area contributed by atoms with Crippen LogP contribution in [0.15, 0.2) is 18.2 Å². The van der Waals surface area contributed by atoms with E-state index in [2.05, 4.69) is 16.0 Å². The molecule has 0 bridgehead atoms. The monoisotopic (exact) mass is 335 g/mol. The van der Waals surface area contributed by atoms with Crippen molar-refractivity contribution in [3.63, 3.8) is 0 Å². The van der Waals surface area contributed by atoms with Gasteiger partial charge in [0.1, 0.15) is 5.75 Å². The summed E-state index contributed by atoms with van der Waals surface area (Å²) < 4.78 is 5.57. The van der Waals surface area contributed by atoms with Crippen molar-refractivity contribution < 1.29 is 19.1 Å². The summed E-state index contributed by atoms with van der Waals surface area (Å²) in [7, 11) is 0. The van der Waals surface area contributed by atoms with E-state index in [1.54, 1.807) is 6.92 Å². The molecule has 1 rings (SSSR count). The van der Waals surface area contributed by atoms with Crippen molar-refractivity contribution in [2.24, 2.45) is 0 Å². The minimum atomic E-state index is -0.699. The Balaban J connectivity index is 2.58. The predicted octanol–water partition coefficient (Wildman–Crippen LogP) is 0.823. The van der Waals surface area contributed by atoms with Gasteiger partial charge in [-0.3, -0.25) is 14.4 Å². The molecule has 0 aliphatic heterocycles. The van der Waals surface area contributed by atoms with Gasteiger partial charge in [0.05, 0.1) is 12.6 Å². The number of ether oxygens (including phenoxy) is 1. The Morgan fingerprint density at radius 1 is 1.25 bits per heavy atom. The van der Waals surface area contributed by atoms with Crippen molar-refractivity contribution in [3.05, 3.63) is 29.3 Å². The summed E-state index contributed by atoms with van der Waals surface area (Å²) in [5.41, 5.74) is 1.87. The number of hydrogen-bond acceptors (Lipinski definition) is 4. The van der Waals surface area contributed by atoms with Crippen LogP contribution in [0, 0.1) is 6.92 Å². The Morgan fingerprint density at radius 2 is 2.00 bits per heavy atom. The first-order valence-corrected chi connectivity index (χ1v) is 7.98. The van der Waals surface area contributed by atoms with Crippen molar-refractivity contribution in [3.8, 4) is 5.75 Å². The number of carbonyl (C=O) groups is 3. The summed E-state index contributed by atoms with van der Waals surface area (Å²) in [4.78, 5) is 33.8. The Morgan fingerprint density at radius 3 is 2.67 bits per heavy atom. The van der Waals surface area contributed by atoms with Crippen LogP contribution in [-0.2, 0) is 14.4 Å². The van der Waals surface area contributed by atoms with Crippen molar-refractivity contribution >= 4 is 18.2 Å². The molecule has 132 valence electrons. The molecule has 0 radical (unpaired) electrons. The average molecular weight is 335 g/mol. The SMILES string of the molecule is CCOc1ccc(C)cc1C(C)NC(=O)C(=O)NCCCNC=O. The average Bonchev–Trinajstić information content (AvgIpc) is 2.56. The Labute approximate surface area is 142 Å². The number of rotatable bonds is 9. The van der Waals surface area contributed by atoms with Crippen LogP contribution < -0.4 is 20.7 Å². The molecular weight excluding hydrogens is 310 g/mol. The first-order valence-electron chi connectivity index (χ1n) is 7.98. The summed E-state index contributed by atoms with van der Waals surface area (Å²) >= 11 is 0. The van der Waals surface area contributed by atoms with E-state index in [4.69, 9.17) is 4.74 Å². The zero-order chi connectivity index (χ0) is 17.9. The van der Waals surface area contributed by atoms with E-state index in [-0.39, 0.29) is 6.04 Å². The minimum Gasteiger partial charge on any atom is -0.494 e. The van der Waals surface area contributed by atoms with Crippen molar-refractivity contribution in [2.45, 2.75) is 33.2 Å². The number of carbonyl (C=O) groups excluding carboxylic acids is 3. The van der Waals surface area contributed by atoms with E-state index < -0.39 is 11.8 Å². The molecule has 3 amide bonds. The number of hydrogen-bond donors (Lipinski definition) is 3. The normalized spacial score (nSPS) is 11.3. The number of aryl methyl sites for hydroxylation is 1. The maximum Gasteiger partial charge on any atom is 0.309 e. The molecular formula is C17H25N3O4. The third-order valence-corrected chi connectivity index (χ3v) is 3.35. The molecule has 0 heterocycles. The number of nitrogens with one attached hydrogen (secondary N) is 3. The van der Waals surface area contributed by atoms with Gasteiger partial charge in [-0.1, -0.05) is 17.7 Å². The van der Waals surface area contributed by atoms with Crippen LogP contribution in [0.2, 0.25) is 0 Å². The van der Waals surface area contributed by atoms with E-state index in [0.717, 1.165) is 11.1 Å². The molecule has 1 aromatic rings. The van der Waals surface area contributed by atoms with Crippen LogP contribution in [-0.4, -0.2) is 37.9 Å². The van der Waals surface area contributed by atoms with Crippen LogP contribution in [0.25, 0.3) is 0 Å². The van der Waals surface area contributed by atoms with Crippen LogP contribution in [0.1, 0.15) is 37.4 Å². The predicted molar refractivity (Wildman–Crippen MR) is 90.6 cm³/mol. The van der Waals surface area contributed by atoms with Crippen LogP contribution in [0.3, 0.4) is 0 Å². The van der Waals surface area contributed by atoms with Gasteiger partial charge in [0.25, 0.3) is 0 Å². The third-order valence-electron chi connectivity index (χ3n) is 3.35. The highest BCUT2D eigenvalue weighted by atomic mass is 16.5. The second-order valence-electron chi connectivity index (χ2n) is 5.35. The molecule has 0 fully saturated rings. The van der Waals surface area contributed by atoms with Gasteiger partial charge in [-0.05, 0) is 33.3 Å². The minimum absolute atomic E-state index is 0.316. The Kier molecular flexibility index (Phi) is 8.32. The lowest BCUT2D eigenvalue weighted by Crippen LogP contribution is -2.41. The maximum atomic E-state index is 12.0. The molecule has 24 heavy (non-hydrogen) atoms. The smallest absolute Gasteiger partial charge is 0.309 e. The van der Waals surface area contributed by atoms with Gasteiger partial charge in [0, 0.05) is 18.7 Å². The van der Waals surface area contributed by atoms with Crippen molar-refractivity contribution in [2.75, 3.05) is 19.7 Å². The first kappa shape index (κ1) is 19.5. The van der Waals surface area contributed by atoms with Gasteiger partial charge in [-0.15, -0.1) is 0 Å². The third kappa shape index (κ3) is 6.28. The van der Waals surface area contributed by atoms with Gasteiger partial charge in [0.2, 0.25) is 6.41 Å². The zero-order valence-electron chi connectivity index (χ0n) is 14.3. The second-order valence-corrected chi connectivity index (χ2v) is 5.35. The molecule has 0 aliphatic rings. The van der Waals surface area contributed by atoms with Crippen LogP contribution in [0.5, 0.6) is 5.75 Å². The summed E-state index contributed by atoms with van der Waals surface area (Å²) in [6.07, 6.45) is 1.15. The van der Waals surface area contributed by atoms with Gasteiger partial charge in [-0.2, -0.15) is 0 Å². The quantitative estimate of drug-likeness (QED) is 0.354. The summed E-state index contributed by atoms with van der Waals surface area (Å²) in [6, 6.07) is 5.36. The molecule has 3 N–H and O–H groups in total. The topological polar surface area (TPSA) is 96.5 Å². The molecule has 1 atom stereocenters. The van der Waals surface area contributed by atoms with E-state index >= 15 is 0 Å². The summed E-state index contributed by atoms with van der Waals surface area (Å²) in [5, 5.41) is 7.66. The van der Waals surface area contributed by atoms with Gasteiger partial charge in [0.15, 0.2) is 0 Å². The highest BCUT2D eigenvalue weighted by Gasteiger charge is 2.19. The number of benzene rings is 1. The van der Waals surface area contributed by atoms with Gasteiger partial charge in [-0.25, -0.2) is 0 Å². The molecule has 1 aromatic carbocycles. The molecule has 0 aliphatic carbocycles. The molecule has 0 spiro atoms. The zero-order valence-corrected chi connectivity index (χ0v) is 14.3. The standard InChI is InChI=1S/C17H25N3O4/c1-4-24-15-7-6-12(2)10-14(15)13(3)20-17(23)16(22)19-9-5-8-18-11-21/h6-7,10-11,13H,4-5,8-9H2,1-3H3,(H,18,21)(H,19,22)(H,20,23). The molecule has 7 nitrogen and oxygen atoms in total. The van der Waals surface area contributed by atoms with Gasteiger partial charge < -0.3 is 20.7 Å². The summed E-state index contributed by atoms with van der Waals surface area (Å²) in [6.45, 7) is 6.93. The van der Waals surface area contributed by atoms with E-state index in [1.165, 1.54) is 0 Å². The highest BCUT2D eigenvalue weighted by molar-refractivity contribution is 6.35. The van der Waals surface area contributed by atoms with Crippen molar-refractivity contribution in [1.82, 2.24) is 16.0 Å². The fraction of sp³-hybridized carbons (Fsp3) is 0.471. The van der Waals surface area contributed by atoms with Gasteiger partial charge >= 0.3 is 11.8 Å². The molecule has 0 saturated heterocycles. The lowest BCUT2D eigenvalue weighted by Gasteiger charge is -2.18. The number of amides is 3. The summed E-state index contributed by atoms with van der Waals surface area (Å²) in [5.74, 6) is -0.704. The molecule has 1 unspecified atom stereocenters.